The van der Waals surface area contributed by atoms with Crippen molar-refractivity contribution in [2.75, 3.05) is 6.54 Å². The highest BCUT2D eigenvalue weighted by atomic mass is 16.4. The smallest absolute Gasteiger partial charge is 0.323 e. The summed E-state index contributed by atoms with van der Waals surface area (Å²) in [6, 6.07) is -0.208. The number of hydrogen-bond acceptors (Lipinski definition) is 4. The summed E-state index contributed by atoms with van der Waals surface area (Å²) in [4.78, 5) is 27.9. The molecule has 0 radical (unpaired) electrons. The van der Waals surface area contributed by atoms with Crippen LogP contribution in [-0.2, 0) is 11.2 Å². The fourth-order valence-electron chi connectivity index (χ4n) is 1.47. The number of aromatic nitrogens is 1. The van der Waals surface area contributed by atoms with Crippen molar-refractivity contribution >= 4 is 11.9 Å². The Labute approximate surface area is 99.2 Å². The summed E-state index contributed by atoms with van der Waals surface area (Å²) in [6.45, 7) is 5.01. The number of amides is 1. The van der Waals surface area contributed by atoms with Gasteiger partial charge in [0, 0.05) is 12.5 Å². The fraction of sp³-hybridized carbons (Fsp3) is 0.545. The Bertz CT molecular complexity index is 411. The van der Waals surface area contributed by atoms with Gasteiger partial charge in [0.05, 0.1) is 0 Å². The van der Waals surface area contributed by atoms with Crippen molar-refractivity contribution in [2.45, 2.75) is 33.2 Å². The molecule has 17 heavy (non-hydrogen) atoms. The lowest BCUT2D eigenvalue weighted by Crippen LogP contribution is -2.41. The van der Waals surface area contributed by atoms with Gasteiger partial charge in [0.2, 0.25) is 0 Å². The molecule has 0 spiro atoms. The van der Waals surface area contributed by atoms with E-state index in [9.17, 15) is 9.59 Å². The van der Waals surface area contributed by atoms with Crippen LogP contribution in [0.1, 0.15) is 37.0 Å². The molecule has 0 aliphatic heterocycles. The molecule has 0 saturated carbocycles. The van der Waals surface area contributed by atoms with Crippen LogP contribution in [0, 0.1) is 0 Å². The predicted octanol–water partition coefficient (Wildman–Crippen LogP) is 1.17. The normalized spacial score (nSPS) is 10.6. The Balaban J connectivity index is 2.95. The summed E-state index contributed by atoms with van der Waals surface area (Å²) in [5.74, 6) is -0.979. The van der Waals surface area contributed by atoms with E-state index in [0.29, 0.717) is 12.2 Å². The zero-order valence-corrected chi connectivity index (χ0v) is 10.1. The molecule has 1 heterocycles. The average Bonchev–Trinajstić information content (AvgIpc) is 2.72. The molecular weight excluding hydrogens is 224 g/mol. The zero-order chi connectivity index (χ0) is 13.0. The first-order valence-corrected chi connectivity index (χ1v) is 5.42. The van der Waals surface area contributed by atoms with Crippen LogP contribution in [-0.4, -0.2) is 39.5 Å². The van der Waals surface area contributed by atoms with Gasteiger partial charge in [-0.3, -0.25) is 9.59 Å². The number of hydrogen-bond donors (Lipinski definition) is 1. The summed E-state index contributed by atoms with van der Waals surface area (Å²) in [5.41, 5.74) is 0.197. The first kappa shape index (κ1) is 13.2. The molecule has 0 aliphatic carbocycles. The quantitative estimate of drug-likeness (QED) is 0.835. The lowest BCUT2D eigenvalue weighted by molar-refractivity contribution is -0.138. The lowest BCUT2D eigenvalue weighted by Gasteiger charge is -2.24. The summed E-state index contributed by atoms with van der Waals surface area (Å²) in [5, 5.41) is 8.77. The van der Waals surface area contributed by atoms with Crippen LogP contribution in [0.5, 0.6) is 0 Å². The average molecular weight is 240 g/mol. The minimum absolute atomic E-state index is 0.197. The molecular formula is C11H16N2O4. The van der Waals surface area contributed by atoms with E-state index in [1.54, 1.807) is 13.8 Å². The minimum Gasteiger partial charge on any atom is -0.480 e. The van der Waals surface area contributed by atoms with Gasteiger partial charge in [-0.15, -0.1) is 0 Å². The fourth-order valence-corrected chi connectivity index (χ4v) is 1.47. The number of oxazole rings is 1. The first-order chi connectivity index (χ1) is 7.97. The number of carboxylic acid groups (broad SMARTS) is 1. The molecule has 94 valence electrons. The molecule has 0 fully saturated rings. The van der Waals surface area contributed by atoms with Crippen molar-refractivity contribution in [3.05, 3.63) is 17.8 Å². The maximum atomic E-state index is 12.1. The van der Waals surface area contributed by atoms with E-state index in [1.807, 2.05) is 6.92 Å². The number of aliphatic carboxylic acids is 1. The van der Waals surface area contributed by atoms with Crippen LogP contribution < -0.4 is 0 Å². The summed E-state index contributed by atoms with van der Waals surface area (Å²) in [7, 11) is 0. The Hall–Kier alpha value is -1.85. The number of carbonyl (C=O) groups is 2. The third-order valence-electron chi connectivity index (χ3n) is 2.35. The predicted molar refractivity (Wildman–Crippen MR) is 59.7 cm³/mol. The van der Waals surface area contributed by atoms with Crippen LogP contribution in [0.25, 0.3) is 0 Å². The summed E-state index contributed by atoms with van der Waals surface area (Å²) in [6.07, 6.45) is 1.74. The van der Waals surface area contributed by atoms with E-state index in [4.69, 9.17) is 9.52 Å². The van der Waals surface area contributed by atoms with Crippen molar-refractivity contribution in [3.63, 3.8) is 0 Å². The minimum atomic E-state index is -1.05. The van der Waals surface area contributed by atoms with Gasteiger partial charge in [-0.25, -0.2) is 4.98 Å². The van der Waals surface area contributed by atoms with Gasteiger partial charge in [0.1, 0.15) is 12.3 Å². The number of nitrogens with zero attached hydrogens (tertiary/aromatic N) is 2. The molecule has 0 unspecified atom stereocenters. The Kier molecular flexibility index (Phi) is 4.25. The standard InChI is InChI=1S/C11H16N2O4/c1-4-8-10(12-6-17-8)11(16)13(7(2)3)5-9(14)15/h6-7H,4-5H2,1-3H3,(H,14,15). The molecule has 0 aromatic carbocycles. The van der Waals surface area contributed by atoms with Crippen molar-refractivity contribution < 1.29 is 19.1 Å². The van der Waals surface area contributed by atoms with Crippen molar-refractivity contribution in [1.29, 1.82) is 0 Å². The van der Waals surface area contributed by atoms with Gasteiger partial charge < -0.3 is 14.4 Å². The zero-order valence-electron chi connectivity index (χ0n) is 10.1. The second-order valence-electron chi connectivity index (χ2n) is 3.90. The van der Waals surface area contributed by atoms with Gasteiger partial charge >= 0.3 is 5.97 Å². The number of carboxylic acids is 1. The van der Waals surface area contributed by atoms with Gasteiger partial charge in [-0.05, 0) is 13.8 Å². The van der Waals surface area contributed by atoms with Gasteiger partial charge in [-0.2, -0.15) is 0 Å². The van der Waals surface area contributed by atoms with Gasteiger partial charge in [0.15, 0.2) is 12.1 Å². The molecule has 0 saturated heterocycles. The van der Waals surface area contributed by atoms with E-state index < -0.39 is 11.9 Å². The lowest BCUT2D eigenvalue weighted by atomic mass is 10.2. The largest absolute Gasteiger partial charge is 0.480 e. The van der Waals surface area contributed by atoms with Gasteiger partial charge in [0.25, 0.3) is 5.91 Å². The second-order valence-corrected chi connectivity index (χ2v) is 3.90. The molecule has 1 amide bonds. The molecule has 6 heteroatoms. The van der Waals surface area contributed by atoms with E-state index in [2.05, 4.69) is 4.98 Å². The van der Waals surface area contributed by atoms with Crippen LogP contribution in [0.4, 0.5) is 0 Å². The van der Waals surface area contributed by atoms with E-state index in [-0.39, 0.29) is 18.3 Å². The summed E-state index contributed by atoms with van der Waals surface area (Å²) < 4.78 is 5.06. The van der Waals surface area contributed by atoms with Crippen molar-refractivity contribution in [3.8, 4) is 0 Å². The SMILES string of the molecule is CCc1ocnc1C(=O)N(CC(=O)O)C(C)C. The monoisotopic (exact) mass is 240 g/mol. The third kappa shape index (κ3) is 3.05. The van der Waals surface area contributed by atoms with E-state index in [1.165, 1.54) is 11.3 Å². The first-order valence-electron chi connectivity index (χ1n) is 5.42. The third-order valence-corrected chi connectivity index (χ3v) is 2.35. The molecule has 0 atom stereocenters. The summed E-state index contributed by atoms with van der Waals surface area (Å²) >= 11 is 0. The molecule has 1 aromatic rings. The molecule has 0 bridgehead atoms. The van der Waals surface area contributed by atoms with Gasteiger partial charge in [-0.1, -0.05) is 6.92 Å². The van der Waals surface area contributed by atoms with Crippen LogP contribution >= 0.6 is 0 Å². The van der Waals surface area contributed by atoms with Crippen LogP contribution in [0.3, 0.4) is 0 Å². The molecule has 1 N–H and O–H groups in total. The van der Waals surface area contributed by atoms with Crippen molar-refractivity contribution in [2.24, 2.45) is 0 Å². The number of aryl methyl sites for hydroxylation is 1. The molecule has 0 aliphatic rings. The van der Waals surface area contributed by atoms with E-state index >= 15 is 0 Å². The second kappa shape index (κ2) is 5.47. The topological polar surface area (TPSA) is 83.6 Å². The number of carbonyl (C=O) groups excluding carboxylic acids is 1. The van der Waals surface area contributed by atoms with Crippen molar-refractivity contribution in [1.82, 2.24) is 9.88 Å². The Morgan fingerprint density at radius 2 is 2.18 bits per heavy atom. The highest BCUT2D eigenvalue weighted by molar-refractivity contribution is 5.95. The molecule has 1 aromatic heterocycles. The maximum Gasteiger partial charge on any atom is 0.323 e. The Morgan fingerprint density at radius 1 is 1.53 bits per heavy atom. The van der Waals surface area contributed by atoms with Crippen LogP contribution in [0.15, 0.2) is 10.8 Å². The number of rotatable bonds is 5. The van der Waals surface area contributed by atoms with E-state index in [0.717, 1.165) is 0 Å². The Morgan fingerprint density at radius 3 is 2.65 bits per heavy atom. The highest BCUT2D eigenvalue weighted by Crippen LogP contribution is 2.12. The van der Waals surface area contributed by atoms with Crippen LogP contribution in [0.2, 0.25) is 0 Å². The molecule has 1 rings (SSSR count). The maximum absolute atomic E-state index is 12.1. The molecule has 6 nitrogen and oxygen atoms in total. The highest BCUT2D eigenvalue weighted by Gasteiger charge is 2.25.